The molecule has 0 spiro atoms. The van der Waals surface area contributed by atoms with Crippen LogP contribution in [0.25, 0.3) is 0 Å². The number of anilines is 1. The molecule has 4 nitrogen and oxygen atoms in total. The molecule has 2 heterocycles. The Morgan fingerprint density at radius 2 is 2.00 bits per heavy atom. The van der Waals surface area contributed by atoms with Crippen molar-refractivity contribution >= 4 is 22.9 Å². The van der Waals surface area contributed by atoms with Crippen LogP contribution in [0, 0.1) is 13.8 Å². The van der Waals surface area contributed by atoms with E-state index in [1.165, 1.54) is 19.3 Å². The highest BCUT2D eigenvalue weighted by molar-refractivity contribution is 7.80. The van der Waals surface area contributed by atoms with Gasteiger partial charge in [0.2, 0.25) is 0 Å². The van der Waals surface area contributed by atoms with E-state index in [2.05, 4.69) is 15.4 Å². The first-order valence-electron chi connectivity index (χ1n) is 6.37. The Morgan fingerprint density at radius 1 is 1.33 bits per heavy atom. The van der Waals surface area contributed by atoms with Gasteiger partial charge < -0.3 is 11.2 Å². The fraction of sp³-hybridized carbons (Fsp3) is 0.538. The number of nitrogens with zero attached hydrogens (tertiary/aromatic N) is 2. The number of thiocarbonyl (C=S) groups is 1. The van der Waals surface area contributed by atoms with Gasteiger partial charge in [-0.1, -0.05) is 18.6 Å². The monoisotopic (exact) mass is 264 g/mol. The molecule has 1 saturated heterocycles. The molecule has 0 aromatic carbocycles. The van der Waals surface area contributed by atoms with Crippen molar-refractivity contribution < 1.29 is 0 Å². The van der Waals surface area contributed by atoms with Crippen molar-refractivity contribution in [1.82, 2.24) is 9.99 Å². The van der Waals surface area contributed by atoms with Gasteiger partial charge in [0, 0.05) is 24.5 Å². The number of nitrogens with two attached hydrogens (primary N) is 1. The lowest BCUT2D eigenvalue weighted by Gasteiger charge is -2.29. The van der Waals surface area contributed by atoms with Crippen molar-refractivity contribution in [3.63, 3.8) is 0 Å². The van der Waals surface area contributed by atoms with Gasteiger partial charge in [0.25, 0.3) is 0 Å². The maximum absolute atomic E-state index is 5.80. The summed E-state index contributed by atoms with van der Waals surface area (Å²) in [6.07, 6.45) is 3.78. The zero-order valence-corrected chi connectivity index (χ0v) is 11.8. The third-order valence-electron chi connectivity index (χ3n) is 3.21. The minimum absolute atomic E-state index is 0.402. The summed E-state index contributed by atoms with van der Waals surface area (Å²) < 4.78 is 0. The predicted octanol–water partition coefficient (Wildman–Crippen LogP) is 2.15. The van der Waals surface area contributed by atoms with E-state index in [1.54, 1.807) is 0 Å². The Morgan fingerprint density at radius 3 is 2.61 bits per heavy atom. The van der Waals surface area contributed by atoms with Crippen molar-refractivity contribution in [2.75, 3.05) is 18.5 Å². The minimum Gasteiger partial charge on any atom is -0.389 e. The van der Waals surface area contributed by atoms with Gasteiger partial charge in [0.1, 0.15) is 4.99 Å². The van der Waals surface area contributed by atoms with E-state index >= 15 is 0 Å². The van der Waals surface area contributed by atoms with Crippen LogP contribution in [0.2, 0.25) is 0 Å². The molecule has 1 fully saturated rings. The molecule has 1 aliphatic heterocycles. The molecule has 1 aromatic heterocycles. The maximum atomic E-state index is 5.80. The summed E-state index contributed by atoms with van der Waals surface area (Å²) in [5, 5.41) is 2.24. The van der Waals surface area contributed by atoms with Gasteiger partial charge in [-0.3, -0.25) is 4.98 Å². The fourth-order valence-electron chi connectivity index (χ4n) is 2.40. The van der Waals surface area contributed by atoms with Crippen molar-refractivity contribution in [2.45, 2.75) is 33.1 Å². The SMILES string of the molecule is Cc1cc(NN2CCCCC2)c(C(N)=S)c(C)n1. The van der Waals surface area contributed by atoms with Crippen molar-refractivity contribution in [2.24, 2.45) is 5.73 Å². The molecule has 3 N–H and O–H groups in total. The third-order valence-corrected chi connectivity index (χ3v) is 3.41. The third kappa shape index (κ3) is 2.97. The number of hydrazine groups is 1. The molecule has 0 aliphatic carbocycles. The topological polar surface area (TPSA) is 54.2 Å². The van der Waals surface area contributed by atoms with Crippen LogP contribution in [-0.4, -0.2) is 28.1 Å². The summed E-state index contributed by atoms with van der Waals surface area (Å²) in [6, 6.07) is 2.01. The number of aryl methyl sites for hydroxylation is 2. The van der Waals surface area contributed by atoms with Crippen molar-refractivity contribution in [1.29, 1.82) is 0 Å². The average Bonchev–Trinajstić information content (AvgIpc) is 2.28. The molecule has 0 saturated carbocycles. The van der Waals surface area contributed by atoms with E-state index < -0.39 is 0 Å². The van der Waals surface area contributed by atoms with Crippen molar-refractivity contribution in [3.8, 4) is 0 Å². The summed E-state index contributed by atoms with van der Waals surface area (Å²) in [5.74, 6) is 0. The number of hydrogen-bond acceptors (Lipinski definition) is 4. The Labute approximate surface area is 114 Å². The highest BCUT2D eigenvalue weighted by Gasteiger charge is 2.15. The van der Waals surface area contributed by atoms with Gasteiger partial charge in [-0.25, -0.2) is 5.01 Å². The van der Waals surface area contributed by atoms with Crippen LogP contribution < -0.4 is 11.2 Å². The molecule has 2 rings (SSSR count). The molecule has 1 aliphatic rings. The quantitative estimate of drug-likeness (QED) is 0.819. The Balaban J connectivity index is 2.27. The smallest absolute Gasteiger partial charge is 0.107 e. The summed E-state index contributed by atoms with van der Waals surface area (Å²) >= 11 is 5.13. The van der Waals surface area contributed by atoms with Gasteiger partial charge >= 0.3 is 0 Å². The van der Waals surface area contributed by atoms with E-state index in [1.807, 2.05) is 19.9 Å². The first kappa shape index (κ1) is 13.2. The molecule has 5 heteroatoms. The van der Waals surface area contributed by atoms with Gasteiger partial charge in [0.15, 0.2) is 0 Å². The molecule has 98 valence electrons. The molecule has 0 atom stereocenters. The summed E-state index contributed by atoms with van der Waals surface area (Å²) in [6.45, 7) is 6.06. The van der Waals surface area contributed by atoms with Crippen LogP contribution in [0.5, 0.6) is 0 Å². The van der Waals surface area contributed by atoms with Crippen LogP contribution in [0.3, 0.4) is 0 Å². The van der Waals surface area contributed by atoms with Crippen LogP contribution in [0.1, 0.15) is 36.2 Å². The van der Waals surface area contributed by atoms with Gasteiger partial charge in [-0.05, 0) is 32.8 Å². The number of pyridine rings is 1. The second-order valence-electron chi connectivity index (χ2n) is 4.80. The molecule has 0 unspecified atom stereocenters. The molecule has 0 bridgehead atoms. The molecule has 18 heavy (non-hydrogen) atoms. The van der Waals surface area contributed by atoms with E-state index in [-0.39, 0.29) is 0 Å². The number of piperidine rings is 1. The van der Waals surface area contributed by atoms with Crippen LogP contribution >= 0.6 is 12.2 Å². The second-order valence-corrected chi connectivity index (χ2v) is 5.24. The average molecular weight is 264 g/mol. The molecular formula is C13H20N4S. The zero-order valence-electron chi connectivity index (χ0n) is 11.0. The summed E-state index contributed by atoms with van der Waals surface area (Å²) in [4.78, 5) is 4.82. The van der Waals surface area contributed by atoms with Crippen molar-refractivity contribution in [3.05, 3.63) is 23.0 Å². The lowest BCUT2D eigenvalue weighted by atomic mass is 10.1. The molecular weight excluding hydrogens is 244 g/mol. The van der Waals surface area contributed by atoms with E-state index in [0.717, 1.165) is 35.7 Å². The molecule has 1 aromatic rings. The van der Waals surface area contributed by atoms with E-state index in [9.17, 15) is 0 Å². The number of rotatable bonds is 3. The predicted molar refractivity (Wildman–Crippen MR) is 78.6 cm³/mol. The maximum Gasteiger partial charge on any atom is 0.107 e. The second kappa shape index (κ2) is 5.63. The highest BCUT2D eigenvalue weighted by atomic mass is 32.1. The van der Waals surface area contributed by atoms with Gasteiger partial charge in [-0.2, -0.15) is 0 Å². The zero-order chi connectivity index (χ0) is 13.1. The lowest BCUT2D eigenvalue weighted by Crippen LogP contribution is -2.35. The minimum atomic E-state index is 0.402. The van der Waals surface area contributed by atoms with E-state index in [0.29, 0.717) is 4.99 Å². The standard InChI is InChI=1S/C13H20N4S/c1-9-8-11(12(13(14)18)10(2)15-9)16-17-6-4-3-5-7-17/h8H,3-7H2,1-2H3,(H2,14,18)(H,15,16). The van der Waals surface area contributed by atoms with Crippen LogP contribution in [-0.2, 0) is 0 Å². The number of nitrogens with one attached hydrogen (secondary N) is 1. The Hall–Kier alpha value is -1.20. The normalized spacial score (nSPS) is 16.6. The Bertz CT molecular complexity index is 453. The number of aromatic nitrogens is 1. The molecule has 0 radical (unpaired) electrons. The summed E-state index contributed by atoms with van der Waals surface area (Å²) in [5.41, 5.74) is 13.0. The van der Waals surface area contributed by atoms with Gasteiger partial charge in [0.05, 0.1) is 11.3 Å². The Kier molecular flexibility index (Phi) is 4.14. The first-order valence-corrected chi connectivity index (χ1v) is 6.78. The van der Waals surface area contributed by atoms with E-state index in [4.69, 9.17) is 18.0 Å². The largest absolute Gasteiger partial charge is 0.389 e. The fourth-order valence-corrected chi connectivity index (χ4v) is 2.66. The summed E-state index contributed by atoms with van der Waals surface area (Å²) in [7, 11) is 0. The molecule has 0 amide bonds. The number of hydrogen-bond donors (Lipinski definition) is 2. The highest BCUT2D eigenvalue weighted by Crippen LogP contribution is 2.21. The van der Waals surface area contributed by atoms with Crippen LogP contribution in [0.4, 0.5) is 5.69 Å². The van der Waals surface area contributed by atoms with Crippen LogP contribution in [0.15, 0.2) is 6.07 Å². The first-order chi connectivity index (χ1) is 8.58. The lowest BCUT2D eigenvalue weighted by molar-refractivity contribution is 0.273. The van der Waals surface area contributed by atoms with Gasteiger partial charge in [-0.15, -0.1) is 0 Å².